The molecule has 5 rings (SSSR count). The van der Waals surface area contributed by atoms with Crippen molar-refractivity contribution in [3.05, 3.63) is 53.9 Å². The number of carbonyl (C=O) groups excluding carboxylic acids is 3. The molecule has 0 aliphatic carbocycles. The Morgan fingerprint density at radius 1 is 0.971 bits per heavy atom. The van der Waals surface area contributed by atoms with Crippen molar-refractivity contribution in [2.45, 2.75) is 51.1 Å². The van der Waals surface area contributed by atoms with Crippen LogP contribution in [0.5, 0.6) is 0 Å². The molecule has 2 aromatic rings. The first kappa shape index (κ1) is 22.4. The fraction of sp³-hybridized carbons (Fsp3) is 0.462. The molecule has 3 amide bonds. The quantitative estimate of drug-likeness (QED) is 0.740. The topological polar surface area (TPSA) is 85.9 Å². The van der Waals surface area contributed by atoms with E-state index in [2.05, 4.69) is 15.2 Å². The van der Waals surface area contributed by atoms with E-state index in [1.54, 1.807) is 17.2 Å². The van der Waals surface area contributed by atoms with Crippen molar-refractivity contribution in [2.75, 3.05) is 36.0 Å². The lowest BCUT2D eigenvalue weighted by atomic mass is 9.95. The van der Waals surface area contributed by atoms with Crippen molar-refractivity contribution in [3.63, 3.8) is 0 Å². The molecule has 0 bridgehead atoms. The van der Waals surface area contributed by atoms with Crippen LogP contribution >= 0.6 is 0 Å². The molecule has 4 heterocycles. The Morgan fingerprint density at radius 3 is 2.59 bits per heavy atom. The Morgan fingerprint density at radius 2 is 1.79 bits per heavy atom. The molecule has 178 valence electrons. The maximum atomic E-state index is 13.5. The summed E-state index contributed by atoms with van der Waals surface area (Å²) in [5, 5.41) is 2.87. The van der Waals surface area contributed by atoms with Gasteiger partial charge in [-0.3, -0.25) is 24.3 Å². The molecule has 0 radical (unpaired) electrons. The number of hydrogen-bond donors (Lipinski definition) is 1. The zero-order chi connectivity index (χ0) is 23.5. The van der Waals surface area contributed by atoms with Gasteiger partial charge in [-0.15, -0.1) is 0 Å². The lowest BCUT2D eigenvalue weighted by molar-refractivity contribution is -0.125. The van der Waals surface area contributed by atoms with Crippen LogP contribution in [0.2, 0.25) is 0 Å². The summed E-state index contributed by atoms with van der Waals surface area (Å²) < 4.78 is 0. The molecule has 1 aromatic carbocycles. The molecule has 0 saturated carbocycles. The predicted octanol–water partition coefficient (Wildman–Crippen LogP) is 2.73. The molecule has 3 aliphatic heterocycles. The summed E-state index contributed by atoms with van der Waals surface area (Å²) in [7, 11) is 0. The van der Waals surface area contributed by atoms with Crippen LogP contribution in [0, 0.1) is 0 Å². The van der Waals surface area contributed by atoms with E-state index in [-0.39, 0.29) is 30.3 Å². The number of rotatable bonds is 5. The summed E-state index contributed by atoms with van der Waals surface area (Å²) in [4.78, 5) is 49.4. The molecule has 3 aliphatic rings. The van der Waals surface area contributed by atoms with Crippen molar-refractivity contribution in [1.29, 1.82) is 0 Å². The van der Waals surface area contributed by atoms with Crippen LogP contribution < -0.4 is 15.1 Å². The number of fused-ring (bicyclic) bond motifs is 3. The van der Waals surface area contributed by atoms with E-state index in [1.807, 2.05) is 35.2 Å². The van der Waals surface area contributed by atoms with E-state index in [0.717, 1.165) is 69.5 Å². The third-order valence-electron chi connectivity index (χ3n) is 7.01. The van der Waals surface area contributed by atoms with E-state index in [4.69, 9.17) is 0 Å². The molecule has 1 aromatic heterocycles. The van der Waals surface area contributed by atoms with Gasteiger partial charge in [0.15, 0.2) is 0 Å². The van der Waals surface area contributed by atoms with Gasteiger partial charge in [0.05, 0.1) is 23.6 Å². The highest BCUT2D eigenvalue weighted by Crippen LogP contribution is 2.40. The largest absolute Gasteiger partial charge is 0.358 e. The second-order valence-electron chi connectivity index (χ2n) is 9.28. The van der Waals surface area contributed by atoms with Gasteiger partial charge in [-0.05, 0) is 68.9 Å². The summed E-state index contributed by atoms with van der Waals surface area (Å²) in [6.07, 6.45) is 7.68. The minimum absolute atomic E-state index is 0.00438. The van der Waals surface area contributed by atoms with Gasteiger partial charge in [0.2, 0.25) is 11.8 Å². The van der Waals surface area contributed by atoms with Crippen molar-refractivity contribution in [3.8, 4) is 0 Å². The number of hydrogen-bond acceptors (Lipinski definition) is 5. The summed E-state index contributed by atoms with van der Waals surface area (Å²) in [6.45, 7) is 2.57. The molecule has 0 spiro atoms. The number of nitrogens with zero attached hydrogens (tertiary/aromatic N) is 4. The van der Waals surface area contributed by atoms with Gasteiger partial charge < -0.3 is 15.1 Å². The zero-order valence-electron chi connectivity index (χ0n) is 19.4. The molecular weight excluding hydrogens is 430 g/mol. The zero-order valence-corrected chi connectivity index (χ0v) is 19.4. The van der Waals surface area contributed by atoms with Gasteiger partial charge >= 0.3 is 0 Å². The number of carbonyl (C=O) groups is 3. The van der Waals surface area contributed by atoms with Crippen molar-refractivity contribution in [2.24, 2.45) is 0 Å². The monoisotopic (exact) mass is 461 g/mol. The number of benzene rings is 1. The number of nitrogens with one attached hydrogen (secondary N) is 1. The Labute approximate surface area is 199 Å². The number of amides is 3. The third-order valence-corrected chi connectivity index (χ3v) is 7.01. The lowest BCUT2D eigenvalue weighted by Crippen LogP contribution is -2.57. The number of piperidine rings is 2. The van der Waals surface area contributed by atoms with Crippen molar-refractivity contribution >= 4 is 29.1 Å². The molecular formula is C26H31N5O3. The molecule has 8 nitrogen and oxygen atoms in total. The van der Waals surface area contributed by atoms with Crippen LogP contribution in [0.3, 0.4) is 0 Å². The molecule has 2 saturated heterocycles. The van der Waals surface area contributed by atoms with E-state index >= 15 is 0 Å². The van der Waals surface area contributed by atoms with Gasteiger partial charge in [0.1, 0.15) is 12.6 Å². The summed E-state index contributed by atoms with van der Waals surface area (Å²) in [5.41, 5.74) is 2.91. The highest BCUT2D eigenvalue weighted by atomic mass is 16.2. The Bertz CT molecular complexity index is 1070. The van der Waals surface area contributed by atoms with E-state index in [1.165, 1.54) is 0 Å². The molecule has 34 heavy (non-hydrogen) atoms. The normalized spacial score (nSPS) is 19.9. The van der Waals surface area contributed by atoms with Crippen molar-refractivity contribution < 1.29 is 14.4 Å². The van der Waals surface area contributed by atoms with Gasteiger partial charge in [-0.2, -0.15) is 0 Å². The first-order valence-electron chi connectivity index (χ1n) is 12.3. The van der Waals surface area contributed by atoms with E-state index < -0.39 is 0 Å². The van der Waals surface area contributed by atoms with Crippen LogP contribution in [0.15, 0.2) is 42.6 Å². The molecule has 1 N–H and O–H groups in total. The minimum atomic E-state index is -0.256. The number of pyridine rings is 1. The number of aromatic nitrogens is 1. The SMILES string of the molecule is O=C(CN1C(=O)[C@@H]2CCCCN2c2ccc(C(=O)N3CCCCC3)cc21)NCc1ccccn1. The van der Waals surface area contributed by atoms with Crippen LogP contribution in [-0.4, -0.2) is 59.8 Å². The summed E-state index contributed by atoms with van der Waals surface area (Å²) >= 11 is 0. The Hall–Kier alpha value is -3.42. The second-order valence-corrected chi connectivity index (χ2v) is 9.28. The third kappa shape index (κ3) is 4.49. The lowest BCUT2D eigenvalue weighted by Gasteiger charge is -2.45. The summed E-state index contributed by atoms with van der Waals surface area (Å²) in [6, 6.07) is 10.9. The maximum absolute atomic E-state index is 13.5. The van der Waals surface area contributed by atoms with Gasteiger partial charge in [-0.1, -0.05) is 6.07 Å². The molecule has 2 fully saturated rings. The first-order chi connectivity index (χ1) is 16.6. The molecule has 0 unspecified atom stereocenters. The maximum Gasteiger partial charge on any atom is 0.253 e. The van der Waals surface area contributed by atoms with Crippen LogP contribution in [0.1, 0.15) is 54.6 Å². The highest BCUT2D eigenvalue weighted by molar-refractivity contribution is 6.09. The molecule has 8 heteroatoms. The van der Waals surface area contributed by atoms with Crippen LogP contribution in [-0.2, 0) is 16.1 Å². The fourth-order valence-electron chi connectivity index (χ4n) is 5.22. The Balaban J connectivity index is 1.40. The van der Waals surface area contributed by atoms with E-state index in [9.17, 15) is 14.4 Å². The standard InChI is InChI=1S/C26H31N5O3/c32-24(28-17-20-8-2-4-12-27-20)18-31-23-16-19(25(33)29-13-5-1-6-14-29)10-11-21(23)30-15-7-3-9-22(30)26(31)34/h2,4,8,10-12,16,22H,1,3,5-7,9,13-15,17-18H2,(H,28,32)/t22-/m0/s1. The second kappa shape index (κ2) is 9.83. The average Bonchev–Trinajstić information content (AvgIpc) is 2.90. The number of likely N-dealkylation sites (tertiary alicyclic amines) is 1. The summed E-state index contributed by atoms with van der Waals surface area (Å²) in [5.74, 6) is -0.319. The van der Waals surface area contributed by atoms with Gasteiger partial charge in [0, 0.05) is 31.4 Å². The van der Waals surface area contributed by atoms with Crippen LogP contribution in [0.4, 0.5) is 11.4 Å². The average molecular weight is 462 g/mol. The van der Waals surface area contributed by atoms with Gasteiger partial charge in [-0.25, -0.2) is 0 Å². The van der Waals surface area contributed by atoms with Crippen molar-refractivity contribution in [1.82, 2.24) is 15.2 Å². The molecule has 1 atom stereocenters. The first-order valence-corrected chi connectivity index (χ1v) is 12.3. The Kier molecular flexibility index (Phi) is 6.47. The minimum Gasteiger partial charge on any atom is -0.358 e. The fourth-order valence-corrected chi connectivity index (χ4v) is 5.22. The van der Waals surface area contributed by atoms with Crippen LogP contribution in [0.25, 0.3) is 0 Å². The van der Waals surface area contributed by atoms with E-state index in [0.29, 0.717) is 17.8 Å². The number of anilines is 2. The highest BCUT2D eigenvalue weighted by Gasteiger charge is 2.40. The smallest absolute Gasteiger partial charge is 0.253 e. The predicted molar refractivity (Wildman–Crippen MR) is 130 cm³/mol. The van der Waals surface area contributed by atoms with Gasteiger partial charge in [0.25, 0.3) is 5.91 Å².